The first kappa shape index (κ1) is 20.1. The van der Waals surface area contributed by atoms with Crippen molar-refractivity contribution in [1.29, 1.82) is 0 Å². The van der Waals surface area contributed by atoms with Crippen LogP contribution in [0.3, 0.4) is 0 Å². The highest BCUT2D eigenvalue weighted by molar-refractivity contribution is 7.94. The third kappa shape index (κ3) is 3.93. The first-order chi connectivity index (χ1) is 13.1. The summed E-state index contributed by atoms with van der Waals surface area (Å²) in [6, 6.07) is 7.10. The molecular weight excluding hydrogens is 436 g/mol. The minimum Gasteiger partial charge on any atom is -0.507 e. The molecule has 0 atom stereocenters. The molecule has 0 saturated carbocycles. The number of nitrogens with one attached hydrogen (secondary N) is 1. The van der Waals surface area contributed by atoms with Crippen LogP contribution in [0.2, 0.25) is 4.34 Å². The summed E-state index contributed by atoms with van der Waals surface area (Å²) in [5.41, 5.74) is -0.459. The minimum absolute atomic E-state index is 0.0186. The molecule has 0 fully saturated rings. The smallest absolute Gasteiger partial charge is 0.339 e. The molecule has 0 amide bonds. The van der Waals surface area contributed by atoms with Gasteiger partial charge in [-0.3, -0.25) is 4.72 Å². The summed E-state index contributed by atoms with van der Waals surface area (Å²) in [4.78, 5) is 10.9. The van der Waals surface area contributed by atoms with Crippen molar-refractivity contribution in [3.63, 3.8) is 0 Å². The Morgan fingerprint density at radius 1 is 1.07 bits per heavy atom. The SMILES string of the molecule is O=C(O)c1ccc(NS(=O)(=O)c2cc(-c3ccc(F)cc3F)c(Cl)s2)cc1O. The number of hydrogen-bond acceptors (Lipinski definition) is 5. The topological polar surface area (TPSA) is 104 Å². The van der Waals surface area contributed by atoms with Crippen molar-refractivity contribution in [2.45, 2.75) is 4.21 Å². The fraction of sp³-hybridized carbons (Fsp3) is 0. The molecule has 28 heavy (non-hydrogen) atoms. The number of aromatic carboxylic acids is 1. The maximum Gasteiger partial charge on any atom is 0.339 e. The third-order valence-corrected chi connectivity index (χ3v) is 6.84. The average Bonchev–Trinajstić information content (AvgIpc) is 2.97. The van der Waals surface area contributed by atoms with E-state index in [9.17, 15) is 27.1 Å². The summed E-state index contributed by atoms with van der Waals surface area (Å²) >= 11 is 6.70. The van der Waals surface area contributed by atoms with Gasteiger partial charge in [-0.1, -0.05) is 11.6 Å². The predicted molar refractivity (Wildman–Crippen MR) is 101 cm³/mol. The van der Waals surface area contributed by atoms with Crippen molar-refractivity contribution < 1.29 is 32.2 Å². The number of benzene rings is 2. The standard InChI is InChI=1S/C17H10ClF2NO5S2/c18-16-12(10-3-1-8(19)5-13(10)20)7-15(27-16)28(25,26)21-9-2-4-11(17(23)24)14(22)6-9/h1-7,21-22H,(H,23,24). The molecule has 146 valence electrons. The second-order valence-electron chi connectivity index (χ2n) is 5.52. The predicted octanol–water partition coefficient (Wildman–Crippen LogP) is 4.55. The lowest BCUT2D eigenvalue weighted by Crippen LogP contribution is -2.11. The third-order valence-electron chi connectivity index (χ3n) is 3.63. The number of sulfonamides is 1. The molecule has 3 rings (SSSR count). The molecule has 3 aromatic rings. The molecule has 0 aliphatic carbocycles. The molecule has 2 aromatic carbocycles. The molecule has 11 heteroatoms. The second kappa shape index (κ2) is 7.38. The van der Waals surface area contributed by atoms with Crippen LogP contribution in [-0.4, -0.2) is 24.6 Å². The fourth-order valence-electron chi connectivity index (χ4n) is 2.35. The number of carbonyl (C=O) groups is 1. The quantitative estimate of drug-likeness (QED) is 0.534. The van der Waals surface area contributed by atoms with E-state index in [1.807, 2.05) is 0 Å². The summed E-state index contributed by atoms with van der Waals surface area (Å²) in [5, 5.41) is 18.6. The number of halogens is 3. The lowest BCUT2D eigenvalue weighted by molar-refractivity contribution is 0.0693. The zero-order valence-corrected chi connectivity index (χ0v) is 16.0. The second-order valence-corrected chi connectivity index (χ2v) is 9.08. The average molecular weight is 446 g/mol. The number of carboxylic acid groups (broad SMARTS) is 1. The Morgan fingerprint density at radius 3 is 2.39 bits per heavy atom. The molecule has 0 bridgehead atoms. The lowest BCUT2D eigenvalue weighted by Gasteiger charge is -2.07. The monoisotopic (exact) mass is 445 g/mol. The van der Waals surface area contributed by atoms with Crippen molar-refractivity contribution >= 4 is 44.6 Å². The Balaban J connectivity index is 1.95. The molecule has 0 aliphatic heterocycles. The van der Waals surface area contributed by atoms with Gasteiger partial charge in [0.2, 0.25) is 0 Å². The zero-order valence-electron chi connectivity index (χ0n) is 13.6. The summed E-state index contributed by atoms with van der Waals surface area (Å²) in [6.07, 6.45) is 0. The molecule has 0 aliphatic rings. The van der Waals surface area contributed by atoms with Crippen LogP contribution in [0.15, 0.2) is 46.7 Å². The number of carboxylic acids is 1. The van der Waals surface area contributed by atoms with E-state index in [2.05, 4.69) is 4.72 Å². The number of rotatable bonds is 5. The van der Waals surface area contributed by atoms with Crippen molar-refractivity contribution in [2.75, 3.05) is 4.72 Å². The molecule has 0 unspecified atom stereocenters. The first-order valence-electron chi connectivity index (χ1n) is 7.42. The molecule has 1 aromatic heterocycles. The van der Waals surface area contributed by atoms with Crippen molar-refractivity contribution in [3.05, 3.63) is 64.0 Å². The first-order valence-corrected chi connectivity index (χ1v) is 10.1. The molecule has 3 N–H and O–H groups in total. The van der Waals surface area contributed by atoms with Crippen molar-refractivity contribution in [3.8, 4) is 16.9 Å². The summed E-state index contributed by atoms with van der Waals surface area (Å²) in [7, 11) is -4.16. The molecule has 0 saturated heterocycles. The lowest BCUT2D eigenvalue weighted by atomic mass is 10.1. The van der Waals surface area contributed by atoms with Gasteiger partial charge in [-0.2, -0.15) is 0 Å². The Kier molecular flexibility index (Phi) is 5.28. The van der Waals surface area contributed by atoms with Gasteiger partial charge in [0.05, 0.1) is 5.69 Å². The van der Waals surface area contributed by atoms with Crippen LogP contribution in [0.4, 0.5) is 14.5 Å². The van der Waals surface area contributed by atoms with Gasteiger partial charge in [0, 0.05) is 23.3 Å². The largest absolute Gasteiger partial charge is 0.507 e. The van der Waals surface area contributed by atoms with Crippen molar-refractivity contribution in [2.24, 2.45) is 0 Å². The maximum absolute atomic E-state index is 14.0. The maximum atomic E-state index is 14.0. The highest BCUT2D eigenvalue weighted by Crippen LogP contribution is 2.39. The summed E-state index contributed by atoms with van der Waals surface area (Å²) in [6.45, 7) is 0. The molecule has 0 spiro atoms. The normalized spacial score (nSPS) is 11.4. The van der Waals surface area contributed by atoms with E-state index in [1.54, 1.807) is 0 Å². The highest BCUT2D eigenvalue weighted by atomic mass is 35.5. The van der Waals surface area contributed by atoms with Crippen LogP contribution >= 0.6 is 22.9 Å². The molecular formula is C17H10ClF2NO5S2. The number of phenols is 1. The van der Waals surface area contributed by atoms with Crippen LogP contribution in [0.1, 0.15) is 10.4 Å². The Labute approximate surface area is 166 Å². The van der Waals surface area contributed by atoms with Crippen LogP contribution in [-0.2, 0) is 10.0 Å². The fourth-order valence-corrected chi connectivity index (χ4v) is 5.15. The van der Waals surface area contributed by atoms with E-state index in [-0.39, 0.29) is 25.4 Å². The van der Waals surface area contributed by atoms with E-state index < -0.39 is 38.9 Å². The Morgan fingerprint density at radius 2 is 1.79 bits per heavy atom. The van der Waals surface area contributed by atoms with Crippen LogP contribution in [0.5, 0.6) is 5.75 Å². The number of anilines is 1. The van der Waals surface area contributed by atoms with E-state index in [0.717, 1.165) is 36.4 Å². The molecule has 0 radical (unpaired) electrons. The van der Waals surface area contributed by atoms with Gasteiger partial charge in [0.1, 0.15) is 31.5 Å². The van der Waals surface area contributed by atoms with Gasteiger partial charge in [0.15, 0.2) is 0 Å². The number of aromatic hydroxyl groups is 1. The van der Waals surface area contributed by atoms with E-state index in [4.69, 9.17) is 16.7 Å². The van der Waals surface area contributed by atoms with E-state index in [0.29, 0.717) is 17.4 Å². The van der Waals surface area contributed by atoms with Crippen LogP contribution in [0, 0.1) is 11.6 Å². The van der Waals surface area contributed by atoms with Gasteiger partial charge in [-0.15, -0.1) is 11.3 Å². The van der Waals surface area contributed by atoms with Gasteiger partial charge < -0.3 is 10.2 Å². The van der Waals surface area contributed by atoms with Crippen LogP contribution < -0.4 is 4.72 Å². The minimum atomic E-state index is -4.16. The Hall–Kier alpha value is -2.69. The van der Waals surface area contributed by atoms with Crippen LogP contribution in [0.25, 0.3) is 11.1 Å². The number of thiophene rings is 1. The van der Waals surface area contributed by atoms with Gasteiger partial charge >= 0.3 is 5.97 Å². The molecule has 1 heterocycles. The highest BCUT2D eigenvalue weighted by Gasteiger charge is 2.23. The Bertz CT molecular complexity index is 1190. The van der Waals surface area contributed by atoms with Gasteiger partial charge in [-0.25, -0.2) is 22.0 Å². The molecule has 6 nitrogen and oxygen atoms in total. The van der Waals surface area contributed by atoms with Crippen molar-refractivity contribution in [1.82, 2.24) is 0 Å². The summed E-state index contributed by atoms with van der Waals surface area (Å²) < 4.78 is 54.1. The zero-order chi connectivity index (χ0) is 20.6. The van der Waals surface area contributed by atoms with E-state index >= 15 is 0 Å². The number of hydrogen-bond donors (Lipinski definition) is 3. The van der Waals surface area contributed by atoms with E-state index in [1.165, 1.54) is 0 Å². The summed E-state index contributed by atoms with van der Waals surface area (Å²) in [5.74, 6) is -3.67. The van der Waals surface area contributed by atoms with Gasteiger partial charge in [0.25, 0.3) is 10.0 Å². The van der Waals surface area contributed by atoms with Gasteiger partial charge in [-0.05, 0) is 30.3 Å².